The molecule has 1 aromatic carbocycles. The summed E-state index contributed by atoms with van der Waals surface area (Å²) in [6.07, 6.45) is 3.25. The number of aryl methyl sites for hydroxylation is 1. The van der Waals surface area contributed by atoms with Gasteiger partial charge in [-0.3, -0.25) is 4.79 Å². The average molecular weight is 271 g/mol. The summed E-state index contributed by atoms with van der Waals surface area (Å²) in [5.74, 6) is 0.0978. The number of benzene rings is 1. The van der Waals surface area contributed by atoms with Crippen LogP contribution in [0, 0.1) is 0 Å². The van der Waals surface area contributed by atoms with Crippen molar-refractivity contribution in [1.82, 2.24) is 5.32 Å². The molecule has 18 heavy (non-hydrogen) atoms. The van der Waals surface area contributed by atoms with Crippen LogP contribution >= 0.6 is 12.4 Å². The molecule has 0 aromatic heterocycles. The van der Waals surface area contributed by atoms with Crippen LogP contribution < -0.4 is 11.1 Å². The molecule has 0 atom stereocenters. The first-order chi connectivity index (χ1) is 8.26. The van der Waals surface area contributed by atoms with Crippen molar-refractivity contribution in [3.05, 3.63) is 35.4 Å². The third-order valence-corrected chi connectivity index (χ3v) is 2.78. The van der Waals surface area contributed by atoms with E-state index < -0.39 is 0 Å². The van der Waals surface area contributed by atoms with Crippen LogP contribution in [0.3, 0.4) is 0 Å². The molecule has 4 heteroatoms. The molecule has 0 fully saturated rings. The molecule has 102 valence electrons. The second kappa shape index (κ2) is 9.92. The molecule has 3 nitrogen and oxygen atoms in total. The lowest BCUT2D eigenvalue weighted by Crippen LogP contribution is -2.25. The summed E-state index contributed by atoms with van der Waals surface area (Å²) in [5, 5.41) is 2.90. The molecule has 1 aromatic rings. The largest absolute Gasteiger partial charge is 0.356 e. The van der Waals surface area contributed by atoms with Gasteiger partial charge in [0, 0.05) is 13.0 Å². The van der Waals surface area contributed by atoms with Gasteiger partial charge in [-0.15, -0.1) is 12.4 Å². The van der Waals surface area contributed by atoms with Crippen molar-refractivity contribution in [3.8, 4) is 0 Å². The highest BCUT2D eigenvalue weighted by molar-refractivity contribution is 5.85. The number of carbonyl (C=O) groups is 1. The van der Waals surface area contributed by atoms with Gasteiger partial charge in [0.15, 0.2) is 0 Å². The Bertz CT molecular complexity index is 338. The Morgan fingerprint density at radius 3 is 2.39 bits per heavy atom. The van der Waals surface area contributed by atoms with Gasteiger partial charge >= 0.3 is 0 Å². The highest BCUT2D eigenvalue weighted by atomic mass is 35.5. The highest BCUT2D eigenvalue weighted by Crippen LogP contribution is 2.05. The van der Waals surface area contributed by atoms with Crippen molar-refractivity contribution >= 4 is 18.3 Å². The number of nitrogens with one attached hydrogen (secondary N) is 1. The number of rotatable bonds is 7. The summed E-state index contributed by atoms with van der Waals surface area (Å²) < 4.78 is 0. The molecule has 0 aliphatic heterocycles. The summed E-state index contributed by atoms with van der Waals surface area (Å²) in [6.45, 7) is 3.42. The van der Waals surface area contributed by atoms with Crippen molar-refractivity contribution in [3.63, 3.8) is 0 Å². The maximum atomic E-state index is 11.3. The number of halogens is 1. The number of hydrogen-bond donors (Lipinski definition) is 2. The van der Waals surface area contributed by atoms with Crippen LogP contribution in [0.5, 0.6) is 0 Å². The average Bonchev–Trinajstić information content (AvgIpc) is 2.37. The molecule has 0 spiro atoms. The highest BCUT2D eigenvalue weighted by Gasteiger charge is 1.99. The first-order valence-electron chi connectivity index (χ1n) is 6.31. The maximum absolute atomic E-state index is 11.3. The molecule has 0 saturated carbocycles. The number of amides is 1. The van der Waals surface area contributed by atoms with Crippen LogP contribution in [-0.4, -0.2) is 19.0 Å². The summed E-state index contributed by atoms with van der Waals surface area (Å²) in [7, 11) is 0. The van der Waals surface area contributed by atoms with Gasteiger partial charge in [0.05, 0.1) is 0 Å². The minimum atomic E-state index is 0. The van der Waals surface area contributed by atoms with Crippen molar-refractivity contribution in [2.24, 2.45) is 5.73 Å². The van der Waals surface area contributed by atoms with Gasteiger partial charge in [-0.25, -0.2) is 0 Å². The number of hydrogen-bond acceptors (Lipinski definition) is 2. The predicted octanol–water partition coefficient (Wildman–Crippen LogP) is 2.07. The molecule has 0 radical (unpaired) electrons. The zero-order valence-corrected chi connectivity index (χ0v) is 11.8. The lowest BCUT2D eigenvalue weighted by Gasteiger charge is -2.05. The van der Waals surface area contributed by atoms with Gasteiger partial charge in [0.1, 0.15) is 0 Å². The summed E-state index contributed by atoms with van der Waals surface area (Å²) in [6, 6.07) is 8.55. The number of carbonyl (C=O) groups excluding carboxylic acids is 1. The van der Waals surface area contributed by atoms with E-state index in [-0.39, 0.29) is 18.3 Å². The van der Waals surface area contributed by atoms with Crippen molar-refractivity contribution in [2.45, 2.75) is 32.6 Å². The smallest absolute Gasteiger partial charge is 0.220 e. The van der Waals surface area contributed by atoms with Crippen LogP contribution in [0.15, 0.2) is 24.3 Å². The van der Waals surface area contributed by atoms with Gasteiger partial charge in [0.2, 0.25) is 5.91 Å². The third-order valence-electron chi connectivity index (χ3n) is 2.78. The van der Waals surface area contributed by atoms with Crippen LogP contribution in [-0.2, 0) is 17.6 Å². The van der Waals surface area contributed by atoms with Crippen LogP contribution in [0.2, 0.25) is 0 Å². The van der Waals surface area contributed by atoms with Crippen molar-refractivity contribution in [2.75, 3.05) is 13.1 Å². The SMILES string of the molecule is CCc1ccc(CCNC(=O)CCCN)cc1.Cl. The second-order valence-corrected chi connectivity index (χ2v) is 4.16. The standard InChI is InChI=1S/C14H22N2O.ClH/c1-2-12-5-7-13(8-6-12)9-11-16-14(17)4-3-10-15;/h5-8H,2-4,9-11,15H2,1H3,(H,16,17);1H. The Kier molecular flexibility index (Phi) is 9.33. The Hall–Kier alpha value is -1.06. The monoisotopic (exact) mass is 270 g/mol. The zero-order valence-electron chi connectivity index (χ0n) is 10.9. The summed E-state index contributed by atoms with van der Waals surface area (Å²) >= 11 is 0. The quantitative estimate of drug-likeness (QED) is 0.797. The normalized spacial score (nSPS) is 9.67. The Balaban J connectivity index is 0.00000289. The lowest BCUT2D eigenvalue weighted by atomic mass is 10.1. The minimum absolute atomic E-state index is 0. The van der Waals surface area contributed by atoms with Crippen LogP contribution in [0.1, 0.15) is 30.9 Å². The second-order valence-electron chi connectivity index (χ2n) is 4.16. The molecular formula is C14H23ClN2O. The topological polar surface area (TPSA) is 55.1 Å². The first kappa shape index (κ1) is 16.9. The van der Waals surface area contributed by atoms with E-state index in [1.54, 1.807) is 0 Å². The molecule has 0 saturated heterocycles. The van der Waals surface area contributed by atoms with Gasteiger partial charge in [-0.1, -0.05) is 31.2 Å². The Labute approximate surface area is 116 Å². The fourth-order valence-corrected chi connectivity index (χ4v) is 1.64. The lowest BCUT2D eigenvalue weighted by molar-refractivity contribution is -0.121. The molecule has 0 unspecified atom stereocenters. The summed E-state index contributed by atoms with van der Waals surface area (Å²) in [4.78, 5) is 11.3. The van der Waals surface area contributed by atoms with E-state index in [4.69, 9.17) is 5.73 Å². The molecular weight excluding hydrogens is 248 g/mol. The molecule has 3 N–H and O–H groups in total. The van der Waals surface area contributed by atoms with Crippen molar-refractivity contribution < 1.29 is 4.79 Å². The Morgan fingerprint density at radius 1 is 1.22 bits per heavy atom. The van der Waals surface area contributed by atoms with Crippen molar-refractivity contribution in [1.29, 1.82) is 0 Å². The third kappa shape index (κ3) is 6.62. The van der Waals surface area contributed by atoms with E-state index >= 15 is 0 Å². The van der Waals surface area contributed by atoms with E-state index in [0.29, 0.717) is 19.5 Å². The zero-order chi connectivity index (χ0) is 12.5. The predicted molar refractivity (Wildman–Crippen MR) is 78.1 cm³/mol. The van der Waals surface area contributed by atoms with E-state index in [1.165, 1.54) is 11.1 Å². The van der Waals surface area contributed by atoms with Gasteiger partial charge in [-0.05, 0) is 36.9 Å². The minimum Gasteiger partial charge on any atom is -0.356 e. The van der Waals surface area contributed by atoms with Gasteiger partial charge < -0.3 is 11.1 Å². The van der Waals surface area contributed by atoms with Gasteiger partial charge in [-0.2, -0.15) is 0 Å². The van der Waals surface area contributed by atoms with Crippen LogP contribution in [0.4, 0.5) is 0 Å². The van der Waals surface area contributed by atoms with E-state index in [1.807, 2.05) is 0 Å². The number of nitrogens with two attached hydrogens (primary N) is 1. The molecule has 0 heterocycles. The Morgan fingerprint density at radius 2 is 1.83 bits per heavy atom. The maximum Gasteiger partial charge on any atom is 0.220 e. The van der Waals surface area contributed by atoms with Gasteiger partial charge in [0.25, 0.3) is 0 Å². The van der Waals surface area contributed by atoms with Crippen LogP contribution in [0.25, 0.3) is 0 Å². The molecule has 1 rings (SSSR count). The fourth-order valence-electron chi connectivity index (χ4n) is 1.64. The van der Waals surface area contributed by atoms with E-state index in [2.05, 4.69) is 36.5 Å². The van der Waals surface area contributed by atoms with E-state index in [9.17, 15) is 4.79 Å². The fraction of sp³-hybridized carbons (Fsp3) is 0.500. The molecule has 1 amide bonds. The first-order valence-corrected chi connectivity index (χ1v) is 6.31. The summed E-state index contributed by atoms with van der Waals surface area (Å²) in [5.41, 5.74) is 7.96. The molecule has 0 aliphatic carbocycles. The van der Waals surface area contributed by atoms with E-state index in [0.717, 1.165) is 19.3 Å². The molecule has 0 bridgehead atoms. The molecule has 0 aliphatic rings.